The van der Waals surface area contributed by atoms with E-state index in [2.05, 4.69) is 4.74 Å². The molecule has 0 aromatic heterocycles. The van der Waals surface area contributed by atoms with E-state index in [0.717, 1.165) is 6.08 Å². The number of alkyl halides is 6. The molecule has 0 aromatic rings. The number of hydrogen-bond donors (Lipinski definition) is 0. The van der Waals surface area contributed by atoms with Gasteiger partial charge in [0.05, 0.1) is 12.5 Å². The summed E-state index contributed by atoms with van der Waals surface area (Å²) in [6, 6.07) is 0. The minimum Gasteiger partial charge on any atom is -0.466 e. The number of rotatable bonds is 8. The number of carbonyl (C=O) groups is 1. The summed E-state index contributed by atoms with van der Waals surface area (Å²) in [7, 11) is 0. The lowest BCUT2D eigenvalue weighted by Gasteiger charge is -2.20. The van der Waals surface area contributed by atoms with Crippen molar-refractivity contribution in [3.8, 4) is 0 Å². The minimum atomic E-state index is -4.73. The monoisotopic (exact) mass is 382 g/mol. The topological polar surface area (TPSA) is 35.5 Å². The van der Waals surface area contributed by atoms with Gasteiger partial charge in [-0.25, -0.2) is 8.78 Å². The van der Waals surface area contributed by atoms with Crippen LogP contribution in [-0.4, -0.2) is 37.6 Å². The highest BCUT2D eigenvalue weighted by Gasteiger charge is 2.62. The lowest BCUT2D eigenvalue weighted by molar-refractivity contribution is -0.258. The van der Waals surface area contributed by atoms with Gasteiger partial charge in [-0.1, -0.05) is 31.5 Å². The molecule has 0 aromatic carbocycles. The standard InChI is InChI=1S/C14H17ClF6O3/c1-4-23-10(22)9-7(12(9,2)3)5-8(15)14(20,21)24-6-13(18,19)11(16)17/h5,7,9,11H,4,6H2,1-3H3/t7-,9+/m0/s1. The van der Waals surface area contributed by atoms with Crippen molar-refractivity contribution in [3.63, 3.8) is 0 Å². The largest absolute Gasteiger partial charge is 0.466 e. The van der Waals surface area contributed by atoms with E-state index in [0.29, 0.717) is 0 Å². The first-order chi connectivity index (χ1) is 10.8. The molecule has 0 spiro atoms. The van der Waals surface area contributed by atoms with Crippen LogP contribution in [0.4, 0.5) is 26.3 Å². The number of halogens is 7. The van der Waals surface area contributed by atoms with Crippen LogP contribution in [0.1, 0.15) is 20.8 Å². The van der Waals surface area contributed by atoms with E-state index >= 15 is 0 Å². The second-order valence-corrected chi connectivity index (χ2v) is 6.37. The SMILES string of the molecule is CCOC(=O)[C@H]1[C@H](C=C(Cl)C(F)(F)OCC(F)(F)C(F)F)C1(C)C. The lowest BCUT2D eigenvalue weighted by Crippen LogP contribution is -2.36. The van der Waals surface area contributed by atoms with Gasteiger partial charge in [0.2, 0.25) is 0 Å². The van der Waals surface area contributed by atoms with Gasteiger partial charge in [0, 0.05) is 0 Å². The quantitative estimate of drug-likeness (QED) is 0.459. The Morgan fingerprint density at radius 1 is 1.29 bits per heavy atom. The fraction of sp³-hybridized carbons (Fsp3) is 0.786. The van der Waals surface area contributed by atoms with Crippen molar-refractivity contribution in [2.24, 2.45) is 17.3 Å². The van der Waals surface area contributed by atoms with Gasteiger partial charge in [-0.15, -0.1) is 0 Å². The third-order valence-corrected chi connectivity index (χ3v) is 4.17. The molecular weight excluding hydrogens is 366 g/mol. The average molecular weight is 383 g/mol. The van der Waals surface area contributed by atoms with Crippen LogP contribution in [0.2, 0.25) is 0 Å². The molecule has 0 heterocycles. The maximum atomic E-state index is 13.6. The normalized spacial score (nSPS) is 24.2. The van der Waals surface area contributed by atoms with Crippen LogP contribution in [0.25, 0.3) is 0 Å². The molecule has 140 valence electrons. The van der Waals surface area contributed by atoms with Crippen molar-refractivity contribution in [3.05, 3.63) is 11.1 Å². The first-order valence-corrected chi connectivity index (χ1v) is 7.37. The molecule has 0 unspecified atom stereocenters. The molecule has 1 aliphatic rings. The zero-order valence-electron chi connectivity index (χ0n) is 13.1. The molecule has 0 aliphatic heterocycles. The van der Waals surface area contributed by atoms with Crippen molar-refractivity contribution in [1.29, 1.82) is 0 Å². The Labute approximate surface area is 139 Å². The second kappa shape index (κ2) is 7.11. The minimum absolute atomic E-state index is 0.109. The van der Waals surface area contributed by atoms with E-state index in [-0.39, 0.29) is 6.61 Å². The Kier molecular flexibility index (Phi) is 6.25. The van der Waals surface area contributed by atoms with E-state index in [4.69, 9.17) is 16.3 Å². The number of ether oxygens (including phenoxy) is 2. The van der Waals surface area contributed by atoms with Crippen molar-refractivity contribution in [2.45, 2.75) is 39.2 Å². The van der Waals surface area contributed by atoms with Crippen LogP contribution in [-0.2, 0) is 14.3 Å². The number of allylic oxidation sites excluding steroid dienone is 1. The molecule has 2 atom stereocenters. The summed E-state index contributed by atoms with van der Waals surface area (Å²) < 4.78 is 84.8. The molecule has 1 saturated carbocycles. The Bertz CT molecular complexity index is 507. The summed E-state index contributed by atoms with van der Waals surface area (Å²) in [6.45, 7) is 2.72. The van der Waals surface area contributed by atoms with Crippen LogP contribution in [0.15, 0.2) is 11.1 Å². The van der Waals surface area contributed by atoms with Gasteiger partial charge in [-0.3, -0.25) is 4.79 Å². The third-order valence-electron chi connectivity index (χ3n) is 3.82. The Morgan fingerprint density at radius 3 is 2.29 bits per heavy atom. The van der Waals surface area contributed by atoms with Gasteiger partial charge in [0.15, 0.2) is 0 Å². The predicted molar refractivity (Wildman–Crippen MR) is 73.2 cm³/mol. The van der Waals surface area contributed by atoms with Crippen molar-refractivity contribution < 1.29 is 40.6 Å². The number of esters is 1. The summed E-state index contributed by atoms with van der Waals surface area (Å²) >= 11 is 5.39. The second-order valence-electron chi connectivity index (χ2n) is 5.96. The maximum Gasteiger partial charge on any atom is 0.393 e. The number of carbonyl (C=O) groups excluding carboxylic acids is 1. The fourth-order valence-corrected chi connectivity index (χ4v) is 2.43. The molecule has 24 heavy (non-hydrogen) atoms. The molecule has 1 aliphatic carbocycles. The molecule has 1 rings (SSSR count). The third kappa shape index (κ3) is 4.56. The molecule has 0 saturated heterocycles. The molecule has 3 nitrogen and oxygen atoms in total. The smallest absolute Gasteiger partial charge is 0.393 e. The molecule has 0 amide bonds. The summed E-state index contributed by atoms with van der Waals surface area (Å²) in [5.74, 6) is -6.76. The summed E-state index contributed by atoms with van der Waals surface area (Å²) in [5.41, 5.74) is -0.713. The van der Waals surface area contributed by atoms with E-state index in [9.17, 15) is 31.1 Å². The van der Waals surface area contributed by atoms with Gasteiger partial charge >= 0.3 is 24.4 Å². The van der Waals surface area contributed by atoms with Gasteiger partial charge in [0.25, 0.3) is 0 Å². The Morgan fingerprint density at radius 2 is 1.83 bits per heavy atom. The molecule has 0 bridgehead atoms. The maximum absolute atomic E-state index is 13.6. The molecule has 0 radical (unpaired) electrons. The molecular formula is C14H17ClF6O3. The fourth-order valence-electron chi connectivity index (χ4n) is 2.24. The van der Waals surface area contributed by atoms with Crippen molar-refractivity contribution in [2.75, 3.05) is 13.2 Å². The highest BCUT2D eigenvalue weighted by Crippen LogP contribution is 2.60. The van der Waals surface area contributed by atoms with Crippen LogP contribution >= 0.6 is 11.6 Å². The Hall–Kier alpha value is -0.960. The van der Waals surface area contributed by atoms with E-state index in [1.807, 2.05) is 0 Å². The summed E-state index contributed by atoms with van der Waals surface area (Å²) in [5, 5.41) is -1.25. The van der Waals surface area contributed by atoms with E-state index in [1.165, 1.54) is 0 Å². The van der Waals surface area contributed by atoms with Crippen LogP contribution < -0.4 is 0 Å². The summed E-state index contributed by atoms with van der Waals surface area (Å²) in [4.78, 5) is 11.7. The van der Waals surface area contributed by atoms with Crippen molar-refractivity contribution in [1.82, 2.24) is 0 Å². The first kappa shape index (κ1) is 21.1. The van der Waals surface area contributed by atoms with Gasteiger partial charge in [-0.05, 0) is 18.3 Å². The van der Waals surface area contributed by atoms with Gasteiger partial charge < -0.3 is 9.47 Å². The van der Waals surface area contributed by atoms with Crippen molar-refractivity contribution >= 4 is 17.6 Å². The average Bonchev–Trinajstić information content (AvgIpc) is 2.98. The lowest BCUT2D eigenvalue weighted by atomic mass is 10.1. The van der Waals surface area contributed by atoms with Crippen LogP contribution in [0.5, 0.6) is 0 Å². The van der Waals surface area contributed by atoms with Crippen LogP contribution in [0.3, 0.4) is 0 Å². The van der Waals surface area contributed by atoms with E-state index in [1.54, 1.807) is 20.8 Å². The molecule has 0 N–H and O–H groups in total. The number of hydrogen-bond acceptors (Lipinski definition) is 3. The zero-order valence-corrected chi connectivity index (χ0v) is 13.9. The highest BCUT2D eigenvalue weighted by atomic mass is 35.5. The first-order valence-electron chi connectivity index (χ1n) is 6.99. The highest BCUT2D eigenvalue weighted by molar-refractivity contribution is 6.30. The van der Waals surface area contributed by atoms with Gasteiger partial charge in [0.1, 0.15) is 11.6 Å². The summed E-state index contributed by atoms with van der Waals surface area (Å²) in [6.07, 6.45) is -7.71. The molecule has 10 heteroatoms. The van der Waals surface area contributed by atoms with Gasteiger partial charge in [-0.2, -0.15) is 17.6 Å². The van der Waals surface area contributed by atoms with Crippen LogP contribution in [0, 0.1) is 17.3 Å². The Balaban J connectivity index is 2.79. The van der Waals surface area contributed by atoms with E-state index < -0.39 is 53.3 Å². The molecule has 1 fully saturated rings. The zero-order chi connectivity index (χ0) is 18.9. The predicted octanol–water partition coefficient (Wildman–Crippen LogP) is 4.45.